The van der Waals surface area contributed by atoms with Crippen molar-refractivity contribution >= 4 is 93.7 Å². The summed E-state index contributed by atoms with van der Waals surface area (Å²) in [4.78, 5) is 2.36. The Balaban J connectivity index is 1.06. The first-order chi connectivity index (χ1) is 30.7. The van der Waals surface area contributed by atoms with Crippen LogP contribution >= 0.6 is 0 Å². The molecule has 0 atom stereocenters. The molecule has 3 heterocycles. The highest BCUT2D eigenvalue weighted by molar-refractivity contribution is 6.15. The lowest BCUT2D eigenvalue weighted by Gasteiger charge is -2.28. The third-order valence-electron chi connectivity index (χ3n) is 12.5. The first-order valence-corrected chi connectivity index (χ1v) is 21.0. The van der Waals surface area contributed by atoms with Gasteiger partial charge in [0.2, 0.25) is 0 Å². The van der Waals surface area contributed by atoms with E-state index in [-0.39, 0.29) is 0 Å². The van der Waals surface area contributed by atoms with Crippen LogP contribution in [-0.4, -0.2) is 0 Å². The third kappa shape index (κ3) is 5.40. The molecular formula is C58H35NO3. The molecule has 0 fully saturated rings. The van der Waals surface area contributed by atoms with Crippen molar-refractivity contribution < 1.29 is 13.3 Å². The van der Waals surface area contributed by atoms with Crippen LogP contribution in [-0.2, 0) is 0 Å². The van der Waals surface area contributed by atoms with E-state index in [1.165, 1.54) is 10.9 Å². The Morgan fingerprint density at radius 1 is 0.274 bits per heavy atom. The quantitative estimate of drug-likeness (QED) is 0.168. The van der Waals surface area contributed by atoms with Gasteiger partial charge in [-0.2, -0.15) is 0 Å². The molecule has 62 heavy (non-hydrogen) atoms. The van der Waals surface area contributed by atoms with Crippen LogP contribution in [0.2, 0.25) is 0 Å². The van der Waals surface area contributed by atoms with Crippen LogP contribution in [0.25, 0.3) is 110 Å². The molecule has 10 aromatic carbocycles. The second-order valence-corrected chi connectivity index (χ2v) is 16.0. The van der Waals surface area contributed by atoms with E-state index in [1.54, 1.807) is 0 Å². The molecular weight excluding hydrogens is 759 g/mol. The van der Waals surface area contributed by atoms with Crippen molar-refractivity contribution in [3.63, 3.8) is 0 Å². The highest BCUT2D eigenvalue weighted by atomic mass is 16.3. The van der Waals surface area contributed by atoms with Crippen LogP contribution in [0.5, 0.6) is 0 Å². The van der Waals surface area contributed by atoms with Gasteiger partial charge in [-0.1, -0.05) is 158 Å². The normalized spacial score (nSPS) is 11.9. The second-order valence-electron chi connectivity index (χ2n) is 16.0. The van der Waals surface area contributed by atoms with E-state index in [4.69, 9.17) is 13.3 Å². The van der Waals surface area contributed by atoms with Crippen molar-refractivity contribution in [3.8, 4) is 33.4 Å². The van der Waals surface area contributed by atoms with E-state index in [1.807, 2.05) is 24.3 Å². The molecule has 0 saturated carbocycles. The molecule has 13 rings (SSSR count). The molecule has 0 radical (unpaired) electrons. The maximum absolute atomic E-state index is 6.79. The van der Waals surface area contributed by atoms with Crippen molar-refractivity contribution in [2.45, 2.75) is 0 Å². The molecule has 4 heteroatoms. The maximum Gasteiger partial charge on any atom is 0.159 e. The van der Waals surface area contributed by atoms with Crippen LogP contribution in [0.4, 0.5) is 17.1 Å². The van der Waals surface area contributed by atoms with Gasteiger partial charge in [0, 0.05) is 49.1 Å². The molecule has 0 amide bonds. The lowest BCUT2D eigenvalue weighted by Crippen LogP contribution is -2.11. The van der Waals surface area contributed by atoms with Gasteiger partial charge < -0.3 is 18.2 Å². The van der Waals surface area contributed by atoms with Crippen molar-refractivity contribution in [2.24, 2.45) is 0 Å². The summed E-state index contributed by atoms with van der Waals surface area (Å²) in [7, 11) is 0. The van der Waals surface area contributed by atoms with E-state index < -0.39 is 0 Å². The largest absolute Gasteiger partial charge is 0.456 e. The summed E-state index contributed by atoms with van der Waals surface area (Å²) >= 11 is 0. The zero-order valence-electron chi connectivity index (χ0n) is 33.4. The molecule has 13 aromatic rings. The molecule has 290 valence electrons. The number of nitrogens with zero attached hydrogens (tertiary/aromatic N) is 1. The summed E-state index contributed by atoms with van der Waals surface area (Å²) in [5.41, 5.74) is 14.6. The first-order valence-electron chi connectivity index (χ1n) is 21.0. The van der Waals surface area contributed by atoms with Gasteiger partial charge in [0.15, 0.2) is 5.58 Å². The van der Waals surface area contributed by atoms with Gasteiger partial charge in [0.25, 0.3) is 0 Å². The molecule has 0 aliphatic rings. The van der Waals surface area contributed by atoms with Crippen molar-refractivity contribution in [3.05, 3.63) is 212 Å². The van der Waals surface area contributed by atoms with E-state index in [0.717, 1.165) is 116 Å². The Morgan fingerprint density at radius 2 is 0.806 bits per heavy atom. The van der Waals surface area contributed by atoms with Gasteiger partial charge in [-0.3, -0.25) is 0 Å². The van der Waals surface area contributed by atoms with Crippen LogP contribution in [0.3, 0.4) is 0 Å². The smallest absolute Gasteiger partial charge is 0.159 e. The zero-order chi connectivity index (χ0) is 40.7. The van der Waals surface area contributed by atoms with Crippen LogP contribution in [0.15, 0.2) is 226 Å². The molecule has 0 unspecified atom stereocenters. The second kappa shape index (κ2) is 13.6. The number of anilines is 3. The average molecular weight is 794 g/mol. The fourth-order valence-electron chi connectivity index (χ4n) is 9.47. The predicted octanol–water partition coefficient (Wildman–Crippen LogP) is 17.0. The number of rotatable bonds is 6. The Hall–Kier alpha value is -8.34. The lowest BCUT2D eigenvalue weighted by molar-refractivity contribution is 0.669. The summed E-state index contributed by atoms with van der Waals surface area (Å²) < 4.78 is 20.0. The zero-order valence-corrected chi connectivity index (χ0v) is 33.4. The summed E-state index contributed by atoms with van der Waals surface area (Å²) in [6.07, 6.45) is 0. The van der Waals surface area contributed by atoms with Crippen molar-refractivity contribution in [2.75, 3.05) is 4.90 Å². The van der Waals surface area contributed by atoms with E-state index in [0.29, 0.717) is 0 Å². The van der Waals surface area contributed by atoms with Gasteiger partial charge in [0.1, 0.15) is 27.9 Å². The SMILES string of the molecule is c1ccc(-c2ccc(N(c3cc4c(cc3-c3ccc(-c5cccc6c5oc5ccccc56)cc3)oc3cc5ccccc5cc34)c3cccc4c3oc3ccccc34)cc2)cc1. The predicted molar refractivity (Wildman–Crippen MR) is 257 cm³/mol. The Kier molecular flexibility index (Phi) is 7.57. The minimum atomic E-state index is 0.823. The van der Waals surface area contributed by atoms with Crippen LogP contribution in [0.1, 0.15) is 0 Å². The summed E-state index contributed by atoms with van der Waals surface area (Å²) in [5.74, 6) is 0. The van der Waals surface area contributed by atoms with Gasteiger partial charge >= 0.3 is 0 Å². The van der Waals surface area contributed by atoms with Gasteiger partial charge in [-0.05, 0) is 87.6 Å². The lowest BCUT2D eigenvalue weighted by atomic mass is 9.95. The number of fused-ring (bicyclic) bond motifs is 10. The van der Waals surface area contributed by atoms with E-state index in [2.05, 4.69) is 193 Å². The molecule has 0 bridgehead atoms. The van der Waals surface area contributed by atoms with E-state index >= 15 is 0 Å². The van der Waals surface area contributed by atoms with E-state index in [9.17, 15) is 0 Å². The van der Waals surface area contributed by atoms with Crippen LogP contribution in [0, 0.1) is 0 Å². The third-order valence-corrected chi connectivity index (χ3v) is 12.5. The van der Waals surface area contributed by atoms with Gasteiger partial charge in [0.05, 0.1) is 11.4 Å². The number of hydrogen-bond acceptors (Lipinski definition) is 4. The summed E-state index contributed by atoms with van der Waals surface area (Å²) in [6.45, 7) is 0. The minimum Gasteiger partial charge on any atom is -0.456 e. The molecule has 0 spiro atoms. The number of furan rings is 3. The van der Waals surface area contributed by atoms with Crippen LogP contribution < -0.4 is 4.90 Å². The molecule has 0 aliphatic carbocycles. The molecule has 0 N–H and O–H groups in total. The Labute approximate surface area is 356 Å². The summed E-state index contributed by atoms with van der Waals surface area (Å²) in [6, 6.07) is 75.0. The highest BCUT2D eigenvalue weighted by Gasteiger charge is 2.25. The molecule has 0 aliphatic heterocycles. The fraction of sp³-hybridized carbons (Fsp3) is 0. The first kappa shape index (κ1) is 34.5. The number of para-hydroxylation sites is 4. The monoisotopic (exact) mass is 793 g/mol. The molecule has 0 saturated heterocycles. The topological polar surface area (TPSA) is 42.7 Å². The van der Waals surface area contributed by atoms with Crippen molar-refractivity contribution in [1.82, 2.24) is 0 Å². The van der Waals surface area contributed by atoms with Gasteiger partial charge in [-0.15, -0.1) is 0 Å². The highest BCUT2D eigenvalue weighted by Crippen LogP contribution is 2.49. The fourth-order valence-corrected chi connectivity index (χ4v) is 9.47. The minimum absolute atomic E-state index is 0.823. The Morgan fingerprint density at radius 3 is 1.55 bits per heavy atom. The maximum atomic E-state index is 6.79. The number of benzene rings is 10. The average Bonchev–Trinajstić information content (AvgIpc) is 4.02. The van der Waals surface area contributed by atoms with Crippen molar-refractivity contribution in [1.29, 1.82) is 0 Å². The van der Waals surface area contributed by atoms with Gasteiger partial charge in [-0.25, -0.2) is 0 Å². The molecule has 4 nitrogen and oxygen atoms in total. The number of hydrogen-bond donors (Lipinski definition) is 0. The molecule has 3 aromatic heterocycles. The summed E-state index contributed by atoms with van der Waals surface area (Å²) in [5, 5.41) is 8.81. The standard InChI is InChI=1S/C58H35NO3/c1-2-12-36(13-3-1)37-28-30-42(31-29-37)59(51-21-11-20-47-45-17-7-9-23-54(45)62-58(47)51)52-34-50-49-32-40-14-4-5-15-41(40)33-55(49)60-56(50)35-48(52)39-26-24-38(25-27-39)43-18-10-19-46-44-16-6-8-22-53(44)61-57(43)46/h1-35H. The Bertz CT molecular complexity index is 3850.